The van der Waals surface area contributed by atoms with Crippen LogP contribution in [0.15, 0.2) is 53.4 Å². The van der Waals surface area contributed by atoms with Crippen LogP contribution in [0.2, 0.25) is 0 Å². The zero-order valence-electron chi connectivity index (χ0n) is 15.1. The predicted octanol–water partition coefficient (Wildman–Crippen LogP) is 4.25. The first-order chi connectivity index (χ1) is 11.7. The van der Waals surface area contributed by atoms with E-state index in [0.717, 1.165) is 4.90 Å². The lowest BCUT2D eigenvalue weighted by Gasteiger charge is -2.21. The van der Waals surface area contributed by atoms with E-state index in [-0.39, 0.29) is 23.1 Å². The fourth-order valence-electron chi connectivity index (χ4n) is 2.17. The van der Waals surface area contributed by atoms with Gasteiger partial charge in [-0.2, -0.15) is 0 Å². The van der Waals surface area contributed by atoms with E-state index in [9.17, 15) is 9.59 Å². The Bertz CT molecular complexity index is 749. The van der Waals surface area contributed by atoms with Crippen LogP contribution < -0.4 is 10.6 Å². The number of para-hydroxylation sites is 1. The summed E-state index contributed by atoms with van der Waals surface area (Å²) in [4.78, 5) is 25.7. The Morgan fingerprint density at radius 2 is 1.64 bits per heavy atom. The zero-order valence-corrected chi connectivity index (χ0v) is 15.9. The van der Waals surface area contributed by atoms with Gasteiger partial charge in [-0.05, 0) is 52.0 Å². The standard InChI is InChI=1S/C20H24N2O2S/c1-14-9-11-15(12-10-14)25-13-18(23)21-17-8-6-5-7-16(17)19(24)22-20(2,3)4/h5-12H,13H2,1-4H3,(H,21,23)(H,22,24). The lowest BCUT2D eigenvalue weighted by molar-refractivity contribution is -0.113. The van der Waals surface area contributed by atoms with E-state index in [0.29, 0.717) is 11.3 Å². The van der Waals surface area contributed by atoms with E-state index >= 15 is 0 Å². The molecule has 0 atom stereocenters. The van der Waals surface area contributed by atoms with Crippen molar-refractivity contribution in [1.29, 1.82) is 0 Å². The van der Waals surface area contributed by atoms with Crippen LogP contribution in [-0.2, 0) is 4.79 Å². The van der Waals surface area contributed by atoms with E-state index in [1.165, 1.54) is 17.3 Å². The van der Waals surface area contributed by atoms with E-state index < -0.39 is 0 Å². The third-order valence-electron chi connectivity index (χ3n) is 3.33. The van der Waals surface area contributed by atoms with Gasteiger partial charge >= 0.3 is 0 Å². The third-order valence-corrected chi connectivity index (χ3v) is 4.34. The normalized spacial score (nSPS) is 11.0. The minimum absolute atomic E-state index is 0.137. The van der Waals surface area contributed by atoms with Crippen molar-refractivity contribution in [2.75, 3.05) is 11.1 Å². The third kappa shape index (κ3) is 6.27. The van der Waals surface area contributed by atoms with Crippen molar-refractivity contribution < 1.29 is 9.59 Å². The van der Waals surface area contributed by atoms with Gasteiger partial charge < -0.3 is 10.6 Å². The molecule has 2 amide bonds. The molecule has 2 N–H and O–H groups in total. The highest BCUT2D eigenvalue weighted by Gasteiger charge is 2.18. The van der Waals surface area contributed by atoms with Gasteiger partial charge in [0.15, 0.2) is 0 Å². The number of nitrogens with one attached hydrogen (secondary N) is 2. The summed E-state index contributed by atoms with van der Waals surface area (Å²) in [5, 5.41) is 5.75. The van der Waals surface area contributed by atoms with Gasteiger partial charge in [-0.15, -0.1) is 11.8 Å². The van der Waals surface area contributed by atoms with Crippen molar-refractivity contribution in [1.82, 2.24) is 5.32 Å². The number of rotatable bonds is 5. The average molecular weight is 356 g/mol. The Hall–Kier alpha value is -2.27. The van der Waals surface area contributed by atoms with Gasteiger partial charge in [0, 0.05) is 10.4 Å². The fourth-order valence-corrected chi connectivity index (χ4v) is 2.87. The van der Waals surface area contributed by atoms with Crippen LogP contribution in [0.4, 0.5) is 5.69 Å². The molecule has 4 nitrogen and oxygen atoms in total. The van der Waals surface area contributed by atoms with Crippen molar-refractivity contribution in [2.24, 2.45) is 0 Å². The van der Waals surface area contributed by atoms with Crippen molar-refractivity contribution in [2.45, 2.75) is 38.1 Å². The largest absolute Gasteiger partial charge is 0.347 e. The summed E-state index contributed by atoms with van der Waals surface area (Å²) in [6, 6.07) is 15.1. The van der Waals surface area contributed by atoms with E-state index in [1.54, 1.807) is 24.3 Å². The highest BCUT2D eigenvalue weighted by molar-refractivity contribution is 8.00. The summed E-state index contributed by atoms with van der Waals surface area (Å²) in [5.41, 5.74) is 1.84. The van der Waals surface area contributed by atoms with Crippen LogP contribution >= 0.6 is 11.8 Å². The first kappa shape index (κ1) is 19.1. The molecule has 0 aliphatic rings. The molecular weight excluding hydrogens is 332 g/mol. The smallest absolute Gasteiger partial charge is 0.253 e. The molecular formula is C20H24N2O2S. The number of hydrogen-bond donors (Lipinski definition) is 2. The van der Waals surface area contributed by atoms with Gasteiger partial charge in [0.1, 0.15) is 0 Å². The van der Waals surface area contributed by atoms with Gasteiger partial charge in [0.05, 0.1) is 17.0 Å². The van der Waals surface area contributed by atoms with E-state index in [2.05, 4.69) is 10.6 Å². The number of anilines is 1. The zero-order chi connectivity index (χ0) is 18.4. The maximum Gasteiger partial charge on any atom is 0.253 e. The molecule has 0 heterocycles. The second kappa shape index (κ2) is 8.21. The number of amides is 2. The molecule has 2 aromatic rings. The number of benzene rings is 2. The monoisotopic (exact) mass is 356 g/mol. The molecule has 0 fully saturated rings. The number of thioether (sulfide) groups is 1. The Balaban J connectivity index is 2.00. The molecule has 2 aromatic carbocycles. The lowest BCUT2D eigenvalue weighted by Crippen LogP contribution is -2.40. The molecule has 5 heteroatoms. The average Bonchev–Trinajstić information content (AvgIpc) is 2.53. The van der Waals surface area contributed by atoms with Crippen LogP contribution in [0.25, 0.3) is 0 Å². The Kier molecular flexibility index (Phi) is 6.26. The fraction of sp³-hybridized carbons (Fsp3) is 0.300. The maximum absolute atomic E-state index is 12.4. The van der Waals surface area contributed by atoms with E-state index in [1.807, 2.05) is 52.0 Å². The molecule has 0 aliphatic heterocycles. The Labute approximate surface area is 153 Å². The highest BCUT2D eigenvalue weighted by Crippen LogP contribution is 2.20. The molecule has 2 rings (SSSR count). The minimum atomic E-state index is -0.338. The Morgan fingerprint density at radius 3 is 2.28 bits per heavy atom. The molecule has 0 spiro atoms. The maximum atomic E-state index is 12.4. The van der Waals surface area contributed by atoms with Crippen molar-refractivity contribution in [3.8, 4) is 0 Å². The molecule has 0 aliphatic carbocycles. The van der Waals surface area contributed by atoms with Crippen molar-refractivity contribution in [3.05, 3.63) is 59.7 Å². The predicted molar refractivity (Wildman–Crippen MR) is 104 cm³/mol. The SMILES string of the molecule is Cc1ccc(SCC(=O)Nc2ccccc2C(=O)NC(C)(C)C)cc1. The van der Waals surface area contributed by atoms with Crippen LogP contribution in [-0.4, -0.2) is 23.1 Å². The van der Waals surface area contributed by atoms with Gasteiger partial charge in [-0.25, -0.2) is 0 Å². The summed E-state index contributed by atoms with van der Waals surface area (Å²) in [7, 11) is 0. The second-order valence-electron chi connectivity index (χ2n) is 6.90. The van der Waals surface area contributed by atoms with Crippen molar-refractivity contribution in [3.63, 3.8) is 0 Å². The molecule has 0 bridgehead atoms. The summed E-state index contributed by atoms with van der Waals surface area (Å²) in [5.74, 6) is -0.0469. The highest BCUT2D eigenvalue weighted by atomic mass is 32.2. The number of hydrogen-bond acceptors (Lipinski definition) is 3. The molecule has 0 saturated heterocycles. The van der Waals surface area contributed by atoms with Crippen LogP contribution in [0.1, 0.15) is 36.7 Å². The first-order valence-corrected chi connectivity index (χ1v) is 9.14. The molecule has 0 radical (unpaired) electrons. The topological polar surface area (TPSA) is 58.2 Å². The lowest BCUT2D eigenvalue weighted by atomic mass is 10.1. The van der Waals surface area contributed by atoms with Crippen LogP contribution in [0.3, 0.4) is 0 Å². The summed E-state index contributed by atoms with van der Waals surface area (Å²) >= 11 is 1.47. The van der Waals surface area contributed by atoms with E-state index in [4.69, 9.17) is 0 Å². The quantitative estimate of drug-likeness (QED) is 0.787. The van der Waals surface area contributed by atoms with Gasteiger partial charge in [0.2, 0.25) is 5.91 Å². The Morgan fingerprint density at radius 1 is 1.00 bits per heavy atom. The van der Waals surface area contributed by atoms with Crippen molar-refractivity contribution >= 4 is 29.3 Å². The molecule has 132 valence electrons. The molecule has 25 heavy (non-hydrogen) atoms. The molecule has 0 saturated carbocycles. The first-order valence-electron chi connectivity index (χ1n) is 8.15. The summed E-state index contributed by atoms with van der Waals surface area (Å²) in [6.45, 7) is 7.79. The second-order valence-corrected chi connectivity index (χ2v) is 7.95. The minimum Gasteiger partial charge on any atom is -0.347 e. The number of carbonyl (C=O) groups excluding carboxylic acids is 2. The number of carbonyl (C=O) groups is 2. The molecule has 0 unspecified atom stereocenters. The van der Waals surface area contributed by atoms with Crippen LogP contribution in [0, 0.1) is 6.92 Å². The van der Waals surface area contributed by atoms with Gasteiger partial charge in [0.25, 0.3) is 5.91 Å². The van der Waals surface area contributed by atoms with Gasteiger partial charge in [-0.1, -0.05) is 29.8 Å². The number of aryl methyl sites for hydroxylation is 1. The van der Waals surface area contributed by atoms with Gasteiger partial charge in [-0.3, -0.25) is 9.59 Å². The molecule has 0 aromatic heterocycles. The summed E-state index contributed by atoms with van der Waals surface area (Å²) in [6.07, 6.45) is 0. The van der Waals surface area contributed by atoms with Crippen LogP contribution in [0.5, 0.6) is 0 Å². The summed E-state index contributed by atoms with van der Waals surface area (Å²) < 4.78 is 0.